The summed E-state index contributed by atoms with van der Waals surface area (Å²) in [6.45, 7) is 0. The smallest absolute Gasteiger partial charge is 0.336 e. The van der Waals surface area contributed by atoms with Crippen molar-refractivity contribution < 1.29 is 9.90 Å². The lowest BCUT2D eigenvalue weighted by molar-refractivity contribution is 0.0698. The number of rotatable bonds is 2. The summed E-state index contributed by atoms with van der Waals surface area (Å²) in [5.74, 6) is -0.994. The van der Waals surface area contributed by atoms with Gasteiger partial charge in [0.05, 0.1) is 5.56 Å². The van der Waals surface area contributed by atoms with Crippen LogP contribution in [0, 0.1) is 0 Å². The van der Waals surface area contributed by atoms with Gasteiger partial charge in [0.25, 0.3) is 0 Å². The molecule has 0 fully saturated rings. The number of benzene rings is 1. The average molecular weight is 214 g/mol. The number of aromatic carboxylic acids is 1. The molecule has 1 heterocycles. The molecule has 0 atom stereocenters. The predicted molar refractivity (Wildman–Crippen MR) is 61.0 cm³/mol. The Morgan fingerprint density at radius 1 is 1.25 bits per heavy atom. The molecule has 0 bridgehead atoms. The highest BCUT2D eigenvalue weighted by atomic mass is 16.4. The molecule has 2 rings (SSSR count). The Morgan fingerprint density at radius 3 is 2.69 bits per heavy atom. The molecule has 4 heteroatoms. The van der Waals surface area contributed by atoms with Crippen molar-refractivity contribution in [2.24, 2.45) is 0 Å². The van der Waals surface area contributed by atoms with Gasteiger partial charge in [-0.05, 0) is 18.2 Å². The van der Waals surface area contributed by atoms with Crippen molar-refractivity contribution in [2.75, 3.05) is 5.73 Å². The largest absolute Gasteiger partial charge is 0.478 e. The Bertz CT molecular complexity index is 524. The maximum Gasteiger partial charge on any atom is 0.336 e. The number of carboxylic acid groups (broad SMARTS) is 1. The molecular formula is C12H10N2O2. The third-order valence-corrected chi connectivity index (χ3v) is 2.28. The number of hydrogen-bond donors (Lipinski definition) is 2. The minimum Gasteiger partial charge on any atom is -0.478 e. The summed E-state index contributed by atoms with van der Waals surface area (Å²) in [7, 11) is 0. The Labute approximate surface area is 92.4 Å². The van der Waals surface area contributed by atoms with E-state index in [2.05, 4.69) is 4.98 Å². The molecule has 0 saturated carbocycles. The Morgan fingerprint density at radius 2 is 2.06 bits per heavy atom. The van der Waals surface area contributed by atoms with Gasteiger partial charge in [0.2, 0.25) is 0 Å². The van der Waals surface area contributed by atoms with E-state index in [-0.39, 0.29) is 5.56 Å². The molecule has 0 radical (unpaired) electrons. The third-order valence-electron chi connectivity index (χ3n) is 2.28. The van der Waals surface area contributed by atoms with Crippen LogP contribution in [0.15, 0.2) is 42.7 Å². The van der Waals surface area contributed by atoms with Crippen LogP contribution in [0.1, 0.15) is 10.4 Å². The number of nitrogens with zero attached hydrogens (tertiary/aromatic N) is 1. The molecule has 80 valence electrons. The molecule has 1 aromatic heterocycles. The van der Waals surface area contributed by atoms with Gasteiger partial charge in [-0.25, -0.2) is 4.79 Å². The molecule has 0 unspecified atom stereocenters. The fourth-order valence-corrected chi connectivity index (χ4v) is 1.58. The van der Waals surface area contributed by atoms with E-state index in [1.54, 1.807) is 36.7 Å². The van der Waals surface area contributed by atoms with Crippen LogP contribution in [0.4, 0.5) is 5.69 Å². The van der Waals surface area contributed by atoms with Crippen molar-refractivity contribution >= 4 is 11.7 Å². The van der Waals surface area contributed by atoms with Crippen LogP contribution in [0.25, 0.3) is 11.1 Å². The summed E-state index contributed by atoms with van der Waals surface area (Å²) in [4.78, 5) is 15.0. The summed E-state index contributed by atoms with van der Waals surface area (Å²) >= 11 is 0. The zero-order valence-corrected chi connectivity index (χ0v) is 8.42. The Balaban J connectivity index is 2.68. The maximum atomic E-state index is 11.1. The molecule has 2 aromatic rings. The Kier molecular flexibility index (Phi) is 2.55. The SMILES string of the molecule is Nc1cccc(C(=O)O)c1-c1cccnc1. The van der Waals surface area contributed by atoms with Crippen LogP contribution in [0.3, 0.4) is 0 Å². The van der Waals surface area contributed by atoms with E-state index in [9.17, 15) is 4.79 Å². The van der Waals surface area contributed by atoms with Gasteiger partial charge in [0, 0.05) is 29.2 Å². The van der Waals surface area contributed by atoms with Crippen LogP contribution in [0.5, 0.6) is 0 Å². The van der Waals surface area contributed by atoms with Crippen molar-refractivity contribution in [1.29, 1.82) is 0 Å². The van der Waals surface area contributed by atoms with Gasteiger partial charge in [-0.2, -0.15) is 0 Å². The summed E-state index contributed by atoms with van der Waals surface area (Å²) in [6, 6.07) is 8.35. The summed E-state index contributed by atoms with van der Waals surface area (Å²) in [5, 5.41) is 9.08. The number of hydrogen-bond acceptors (Lipinski definition) is 3. The van der Waals surface area contributed by atoms with Gasteiger partial charge in [0.15, 0.2) is 0 Å². The molecule has 0 aliphatic heterocycles. The van der Waals surface area contributed by atoms with E-state index in [1.807, 2.05) is 0 Å². The summed E-state index contributed by atoms with van der Waals surface area (Å²) in [5.41, 5.74) is 7.65. The molecule has 1 aromatic carbocycles. The second kappa shape index (κ2) is 4.02. The first-order valence-electron chi connectivity index (χ1n) is 4.72. The molecule has 0 aliphatic rings. The minimum atomic E-state index is -0.994. The topological polar surface area (TPSA) is 76.2 Å². The van der Waals surface area contributed by atoms with E-state index in [1.165, 1.54) is 6.07 Å². The van der Waals surface area contributed by atoms with E-state index in [0.717, 1.165) is 0 Å². The molecule has 0 spiro atoms. The van der Waals surface area contributed by atoms with Crippen molar-refractivity contribution in [3.05, 3.63) is 48.3 Å². The Hall–Kier alpha value is -2.36. The average Bonchev–Trinajstić information content (AvgIpc) is 2.29. The summed E-state index contributed by atoms with van der Waals surface area (Å²) in [6.07, 6.45) is 3.22. The molecule has 16 heavy (non-hydrogen) atoms. The first-order valence-corrected chi connectivity index (χ1v) is 4.72. The van der Waals surface area contributed by atoms with Gasteiger partial charge >= 0.3 is 5.97 Å². The number of carbonyl (C=O) groups is 1. The maximum absolute atomic E-state index is 11.1. The standard InChI is InChI=1S/C12H10N2O2/c13-10-5-1-4-9(12(15)16)11(10)8-3-2-6-14-7-8/h1-7H,13H2,(H,15,16). The number of anilines is 1. The summed E-state index contributed by atoms with van der Waals surface area (Å²) < 4.78 is 0. The predicted octanol–water partition coefficient (Wildman–Crippen LogP) is 2.03. The number of pyridine rings is 1. The van der Waals surface area contributed by atoms with Crippen molar-refractivity contribution in [3.63, 3.8) is 0 Å². The van der Waals surface area contributed by atoms with Crippen molar-refractivity contribution in [2.45, 2.75) is 0 Å². The van der Waals surface area contributed by atoms with Crippen LogP contribution >= 0.6 is 0 Å². The van der Waals surface area contributed by atoms with Gasteiger partial charge in [0.1, 0.15) is 0 Å². The lowest BCUT2D eigenvalue weighted by Crippen LogP contribution is -2.02. The number of aromatic nitrogens is 1. The molecule has 4 nitrogen and oxygen atoms in total. The van der Waals surface area contributed by atoms with E-state index in [4.69, 9.17) is 10.8 Å². The van der Waals surface area contributed by atoms with E-state index < -0.39 is 5.97 Å². The van der Waals surface area contributed by atoms with Gasteiger partial charge < -0.3 is 10.8 Å². The molecular weight excluding hydrogens is 204 g/mol. The molecule has 0 saturated heterocycles. The van der Waals surface area contributed by atoms with Crippen LogP contribution in [-0.4, -0.2) is 16.1 Å². The van der Waals surface area contributed by atoms with E-state index in [0.29, 0.717) is 16.8 Å². The highest BCUT2D eigenvalue weighted by Crippen LogP contribution is 2.28. The van der Waals surface area contributed by atoms with Crippen LogP contribution in [-0.2, 0) is 0 Å². The third kappa shape index (κ3) is 1.72. The number of carboxylic acids is 1. The molecule has 3 N–H and O–H groups in total. The number of nitrogen functional groups attached to an aromatic ring is 1. The van der Waals surface area contributed by atoms with Crippen LogP contribution < -0.4 is 5.73 Å². The van der Waals surface area contributed by atoms with Gasteiger partial charge in [-0.1, -0.05) is 12.1 Å². The zero-order valence-electron chi connectivity index (χ0n) is 8.42. The van der Waals surface area contributed by atoms with Crippen LogP contribution in [0.2, 0.25) is 0 Å². The highest BCUT2D eigenvalue weighted by Gasteiger charge is 2.13. The first kappa shape index (κ1) is 10.2. The quantitative estimate of drug-likeness (QED) is 0.750. The fraction of sp³-hybridized carbons (Fsp3) is 0. The second-order valence-corrected chi connectivity index (χ2v) is 3.32. The lowest BCUT2D eigenvalue weighted by Gasteiger charge is -2.08. The highest BCUT2D eigenvalue weighted by molar-refractivity contribution is 5.99. The van der Waals surface area contributed by atoms with Gasteiger partial charge in [-0.3, -0.25) is 4.98 Å². The first-order chi connectivity index (χ1) is 7.70. The number of nitrogens with two attached hydrogens (primary N) is 1. The molecule has 0 amide bonds. The molecule has 0 aliphatic carbocycles. The second-order valence-electron chi connectivity index (χ2n) is 3.32. The zero-order chi connectivity index (χ0) is 11.5. The van der Waals surface area contributed by atoms with Crippen molar-refractivity contribution in [1.82, 2.24) is 4.98 Å². The minimum absolute atomic E-state index is 0.188. The van der Waals surface area contributed by atoms with Gasteiger partial charge in [-0.15, -0.1) is 0 Å². The van der Waals surface area contributed by atoms with E-state index >= 15 is 0 Å². The fourth-order valence-electron chi connectivity index (χ4n) is 1.58. The lowest BCUT2D eigenvalue weighted by atomic mass is 9.99. The normalized spacial score (nSPS) is 10.0. The monoisotopic (exact) mass is 214 g/mol. The van der Waals surface area contributed by atoms with Crippen molar-refractivity contribution in [3.8, 4) is 11.1 Å².